The van der Waals surface area contributed by atoms with Gasteiger partial charge in [0.1, 0.15) is 0 Å². The maximum atomic E-state index is 4.76. The van der Waals surface area contributed by atoms with E-state index in [1.54, 1.807) is 17.5 Å². The van der Waals surface area contributed by atoms with E-state index in [1.165, 1.54) is 17.4 Å². The second-order valence-corrected chi connectivity index (χ2v) is 7.82. The molecule has 5 rings (SSSR count). The van der Waals surface area contributed by atoms with E-state index >= 15 is 0 Å². The summed E-state index contributed by atoms with van der Waals surface area (Å²) in [6.45, 7) is 1.99. The first-order chi connectivity index (χ1) is 13.8. The van der Waals surface area contributed by atoms with Gasteiger partial charge in [-0.2, -0.15) is 0 Å². The van der Waals surface area contributed by atoms with Crippen LogP contribution in [-0.4, -0.2) is 31.4 Å². The van der Waals surface area contributed by atoms with E-state index in [9.17, 15) is 0 Å². The molecule has 1 aliphatic rings. The average Bonchev–Trinajstić information content (AvgIpc) is 3.40. The molecule has 4 aromatic rings. The third-order valence-electron chi connectivity index (χ3n) is 5.09. The fourth-order valence-electron chi connectivity index (χ4n) is 3.81. The highest BCUT2D eigenvalue weighted by Gasteiger charge is 2.27. The number of rotatable bonds is 5. The van der Waals surface area contributed by atoms with Crippen molar-refractivity contribution >= 4 is 33.3 Å². The zero-order valence-electron chi connectivity index (χ0n) is 15.3. The highest BCUT2D eigenvalue weighted by molar-refractivity contribution is 7.13. The first kappa shape index (κ1) is 17.2. The molecule has 0 aliphatic carbocycles. The van der Waals surface area contributed by atoms with E-state index in [4.69, 9.17) is 4.98 Å². The summed E-state index contributed by atoms with van der Waals surface area (Å²) in [6.07, 6.45) is 7.73. The van der Waals surface area contributed by atoms with Crippen molar-refractivity contribution in [3.63, 3.8) is 0 Å². The Balaban J connectivity index is 1.36. The summed E-state index contributed by atoms with van der Waals surface area (Å²) in [4.78, 5) is 20.3. The van der Waals surface area contributed by atoms with Gasteiger partial charge in [-0.15, -0.1) is 11.3 Å². The molecule has 1 N–H and O–H groups in total. The number of fused-ring (bicyclic) bond motifs is 1. The minimum atomic E-state index is 0.310. The van der Waals surface area contributed by atoms with Crippen LogP contribution in [0.15, 0.2) is 60.4 Å². The largest absolute Gasteiger partial charge is 0.300 e. The molecule has 1 saturated heterocycles. The van der Waals surface area contributed by atoms with Gasteiger partial charge in [0.2, 0.25) is 5.95 Å². The minimum Gasteiger partial charge on any atom is -0.300 e. The normalized spacial score (nSPS) is 17.2. The van der Waals surface area contributed by atoms with Crippen molar-refractivity contribution in [1.29, 1.82) is 0 Å². The Morgan fingerprint density at radius 1 is 1.07 bits per heavy atom. The maximum Gasteiger partial charge on any atom is 0.229 e. The van der Waals surface area contributed by atoms with Crippen LogP contribution in [0.3, 0.4) is 0 Å². The summed E-state index contributed by atoms with van der Waals surface area (Å²) < 4.78 is 0. The summed E-state index contributed by atoms with van der Waals surface area (Å²) in [7, 11) is 0. The molecule has 1 aliphatic heterocycles. The zero-order chi connectivity index (χ0) is 18.8. The third-order valence-corrected chi connectivity index (χ3v) is 5.77. The summed E-state index contributed by atoms with van der Waals surface area (Å²) in [5.41, 5.74) is 3.41. The highest BCUT2D eigenvalue weighted by atomic mass is 32.1. The van der Waals surface area contributed by atoms with E-state index in [0.717, 1.165) is 35.9 Å². The van der Waals surface area contributed by atoms with Gasteiger partial charge < -0.3 is 5.32 Å². The molecule has 140 valence electrons. The molecule has 7 heteroatoms. The molecule has 0 amide bonds. The predicted molar refractivity (Wildman–Crippen MR) is 112 cm³/mol. The average molecular weight is 389 g/mol. The molecule has 1 atom stereocenters. The molecule has 1 fully saturated rings. The Bertz CT molecular complexity index is 1080. The second-order valence-electron chi connectivity index (χ2n) is 6.93. The summed E-state index contributed by atoms with van der Waals surface area (Å²) in [6, 6.07) is 13.0. The van der Waals surface area contributed by atoms with Crippen molar-refractivity contribution in [1.82, 2.24) is 24.8 Å². The first-order valence-electron chi connectivity index (χ1n) is 9.42. The Kier molecular flexibility index (Phi) is 4.68. The SMILES string of the molecule is c1cnc2ccc(CN3CCC[C@H]3c3ccnc(Nc4nccs4)n3)cc2c1. The van der Waals surface area contributed by atoms with Gasteiger partial charge in [0, 0.05) is 35.9 Å². The lowest BCUT2D eigenvalue weighted by Crippen LogP contribution is -2.23. The van der Waals surface area contributed by atoms with Crippen LogP contribution in [0.4, 0.5) is 11.1 Å². The summed E-state index contributed by atoms with van der Waals surface area (Å²) in [5.74, 6) is 0.607. The molecule has 0 saturated carbocycles. The number of nitrogens with zero attached hydrogens (tertiary/aromatic N) is 5. The maximum absolute atomic E-state index is 4.76. The number of nitrogens with one attached hydrogen (secondary N) is 1. The monoisotopic (exact) mass is 388 g/mol. The standard InChI is InChI=1S/C21H20N6S/c1-3-16-13-15(5-6-17(16)22-8-1)14-27-11-2-4-19(27)18-7-9-23-20(25-18)26-21-24-10-12-28-21/h1,3,5-10,12-13,19H,2,4,11,14H2,(H,23,24,25,26)/t19-/m0/s1. The first-order valence-corrected chi connectivity index (χ1v) is 10.3. The molecule has 0 unspecified atom stereocenters. The molecule has 4 heterocycles. The Labute approximate surface area is 167 Å². The predicted octanol–water partition coefficient (Wildman–Crippen LogP) is 4.56. The number of hydrogen-bond acceptors (Lipinski definition) is 7. The fraction of sp³-hybridized carbons (Fsp3) is 0.238. The van der Waals surface area contributed by atoms with Crippen molar-refractivity contribution in [2.45, 2.75) is 25.4 Å². The van der Waals surface area contributed by atoms with E-state index in [0.29, 0.717) is 12.0 Å². The molecule has 28 heavy (non-hydrogen) atoms. The minimum absolute atomic E-state index is 0.310. The molecular formula is C21H20N6S. The number of benzene rings is 1. The van der Waals surface area contributed by atoms with Gasteiger partial charge in [-0.3, -0.25) is 9.88 Å². The topological polar surface area (TPSA) is 66.8 Å². The quantitative estimate of drug-likeness (QED) is 0.540. The van der Waals surface area contributed by atoms with E-state index in [-0.39, 0.29) is 0 Å². The van der Waals surface area contributed by atoms with Crippen LogP contribution in [0.25, 0.3) is 10.9 Å². The van der Waals surface area contributed by atoms with Gasteiger partial charge >= 0.3 is 0 Å². The van der Waals surface area contributed by atoms with Crippen molar-refractivity contribution < 1.29 is 0 Å². The molecule has 0 bridgehead atoms. The zero-order valence-corrected chi connectivity index (χ0v) is 16.1. The van der Waals surface area contributed by atoms with Gasteiger partial charge in [-0.1, -0.05) is 12.1 Å². The fourth-order valence-corrected chi connectivity index (χ4v) is 4.33. The van der Waals surface area contributed by atoms with Crippen LogP contribution in [-0.2, 0) is 6.54 Å². The molecule has 0 spiro atoms. The Hall–Kier alpha value is -2.90. The van der Waals surface area contributed by atoms with Crippen LogP contribution >= 0.6 is 11.3 Å². The molecule has 0 radical (unpaired) electrons. The number of anilines is 2. The van der Waals surface area contributed by atoms with Crippen molar-refractivity contribution in [2.24, 2.45) is 0 Å². The molecular weight excluding hydrogens is 368 g/mol. The Morgan fingerprint density at radius 3 is 3.00 bits per heavy atom. The van der Waals surface area contributed by atoms with Crippen LogP contribution in [0.5, 0.6) is 0 Å². The number of pyridine rings is 1. The lowest BCUT2D eigenvalue weighted by Gasteiger charge is -2.24. The van der Waals surface area contributed by atoms with Crippen LogP contribution in [0, 0.1) is 0 Å². The molecule has 3 aromatic heterocycles. The number of aromatic nitrogens is 4. The Morgan fingerprint density at radius 2 is 2.07 bits per heavy atom. The van der Waals surface area contributed by atoms with Crippen LogP contribution in [0.1, 0.15) is 30.1 Å². The lowest BCUT2D eigenvalue weighted by atomic mass is 10.1. The highest BCUT2D eigenvalue weighted by Crippen LogP contribution is 2.33. The van der Waals surface area contributed by atoms with Gasteiger partial charge in [-0.25, -0.2) is 15.0 Å². The van der Waals surface area contributed by atoms with Crippen molar-refractivity contribution in [3.05, 3.63) is 71.6 Å². The van der Waals surface area contributed by atoms with Gasteiger partial charge in [0.15, 0.2) is 5.13 Å². The second kappa shape index (κ2) is 7.61. The van der Waals surface area contributed by atoms with Crippen LogP contribution in [0.2, 0.25) is 0 Å². The van der Waals surface area contributed by atoms with E-state index in [1.807, 2.05) is 29.9 Å². The van der Waals surface area contributed by atoms with E-state index < -0.39 is 0 Å². The van der Waals surface area contributed by atoms with Gasteiger partial charge in [-0.05, 0) is 49.2 Å². The van der Waals surface area contributed by atoms with E-state index in [2.05, 4.69) is 49.4 Å². The smallest absolute Gasteiger partial charge is 0.229 e. The lowest BCUT2D eigenvalue weighted by molar-refractivity contribution is 0.244. The summed E-state index contributed by atoms with van der Waals surface area (Å²) in [5, 5.41) is 7.12. The van der Waals surface area contributed by atoms with Crippen LogP contribution < -0.4 is 5.32 Å². The van der Waals surface area contributed by atoms with Gasteiger partial charge in [0.25, 0.3) is 0 Å². The summed E-state index contributed by atoms with van der Waals surface area (Å²) >= 11 is 1.54. The van der Waals surface area contributed by atoms with Crippen molar-refractivity contribution in [3.8, 4) is 0 Å². The molecule has 1 aromatic carbocycles. The van der Waals surface area contributed by atoms with Gasteiger partial charge in [0.05, 0.1) is 17.3 Å². The number of hydrogen-bond donors (Lipinski definition) is 1. The number of likely N-dealkylation sites (tertiary alicyclic amines) is 1. The van der Waals surface area contributed by atoms with Crippen molar-refractivity contribution in [2.75, 3.05) is 11.9 Å². The third kappa shape index (κ3) is 3.58. The molecule has 6 nitrogen and oxygen atoms in total. The number of thiazole rings is 1.